The van der Waals surface area contributed by atoms with Crippen molar-refractivity contribution in [1.29, 1.82) is 0 Å². The molecule has 0 bridgehead atoms. The van der Waals surface area contributed by atoms with Gasteiger partial charge < -0.3 is 10.2 Å². The van der Waals surface area contributed by atoms with Crippen molar-refractivity contribution in [2.75, 3.05) is 36.5 Å². The summed E-state index contributed by atoms with van der Waals surface area (Å²) >= 11 is 3.31. The monoisotopic (exact) mass is 361 g/mol. The molecular formula is C12H16BrN3O3S. The molecule has 0 aliphatic carbocycles. The smallest absolute Gasteiger partial charge is 0.226 e. The van der Waals surface area contributed by atoms with Gasteiger partial charge in [-0.3, -0.25) is 4.79 Å². The van der Waals surface area contributed by atoms with Crippen molar-refractivity contribution in [3.05, 3.63) is 22.8 Å². The van der Waals surface area contributed by atoms with Crippen molar-refractivity contribution < 1.29 is 13.2 Å². The van der Waals surface area contributed by atoms with Gasteiger partial charge in [0.15, 0.2) is 9.84 Å². The number of sulfone groups is 1. The molecule has 0 saturated carbocycles. The Hall–Kier alpha value is -0.990. The molecule has 6 nitrogen and oxygen atoms in total. The predicted octanol–water partition coefficient (Wildman–Crippen LogP) is 0.903. The number of hydrogen-bond donors (Lipinski definition) is 1. The van der Waals surface area contributed by atoms with Crippen LogP contribution in [0.15, 0.2) is 22.8 Å². The Balaban J connectivity index is 1.76. The Morgan fingerprint density at radius 1 is 1.40 bits per heavy atom. The largest absolute Gasteiger partial charge is 0.311 e. The molecule has 0 radical (unpaired) electrons. The Labute approximate surface area is 126 Å². The topological polar surface area (TPSA) is 79.4 Å². The highest BCUT2D eigenvalue weighted by molar-refractivity contribution is 9.10. The maximum Gasteiger partial charge on any atom is 0.226 e. The predicted molar refractivity (Wildman–Crippen MR) is 80.3 cm³/mol. The first-order valence-electron chi connectivity index (χ1n) is 6.29. The van der Waals surface area contributed by atoms with Crippen molar-refractivity contribution in [3.63, 3.8) is 0 Å². The van der Waals surface area contributed by atoms with Crippen LogP contribution in [0.5, 0.6) is 0 Å². The molecule has 2 rings (SSSR count). The number of hydrogen-bond acceptors (Lipinski definition) is 5. The molecule has 0 aromatic carbocycles. The van der Waals surface area contributed by atoms with Gasteiger partial charge in [0.25, 0.3) is 0 Å². The van der Waals surface area contributed by atoms with Gasteiger partial charge in [0, 0.05) is 36.7 Å². The third-order valence-electron chi connectivity index (χ3n) is 3.08. The number of anilines is 1. The second-order valence-corrected chi connectivity index (χ2v) is 7.87. The third kappa shape index (κ3) is 4.84. The second-order valence-electron chi connectivity index (χ2n) is 4.65. The maximum atomic E-state index is 11.8. The van der Waals surface area contributed by atoms with Crippen LogP contribution in [0.3, 0.4) is 0 Å². The highest BCUT2D eigenvalue weighted by Crippen LogP contribution is 2.13. The van der Waals surface area contributed by atoms with Crippen LogP contribution in [0.4, 0.5) is 5.82 Å². The number of halogens is 1. The molecule has 20 heavy (non-hydrogen) atoms. The van der Waals surface area contributed by atoms with E-state index in [1.165, 1.54) is 0 Å². The molecule has 8 heteroatoms. The first kappa shape index (κ1) is 15.4. The van der Waals surface area contributed by atoms with E-state index in [9.17, 15) is 13.2 Å². The van der Waals surface area contributed by atoms with Crippen LogP contribution >= 0.6 is 15.9 Å². The lowest BCUT2D eigenvalue weighted by atomic mass is 10.3. The lowest BCUT2D eigenvalue weighted by molar-refractivity contribution is -0.116. The summed E-state index contributed by atoms with van der Waals surface area (Å²) in [6.07, 6.45) is 1.93. The van der Waals surface area contributed by atoms with Crippen LogP contribution in [0, 0.1) is 0 Å². The molecule has 1 N–H and O–H groups in total. The fourth-order valence-electron chi connectivity index (χ4n) is 1.91. The van der Waals surface area contributed by atoms with Crippen molar-refractivity contribution in [2.24, 2.45) is 0 Å². The molecule has 1 fully saturated rings. The average molecular weight is 362 g/mol. The van der Waals surface area contributed by atoms with E-state index in [4.69, 9.17) is 0 Å². The summed E-state index contributed by atoms with van der Waals surface area (Å²) in [6, 6.07) is 3.51. The van der Waals surface area contributed by atoms with Crippen molar-refractivity contribution in [3.8, 4) is 0 Å². The first-order valence-corrected chi connectivity index (χ1v) is 8.90. The highest BCUT2D eigenvalue weighted by atomic mass is 79.9. The van der Waals surface area contributed by atoms with E-state index in [0.717, 1.165) is 4.47 Å². The van der Waals surface area contributed by atoms with Gasteiger partial charge in [-0.2, -0.15) is 0 Å². The minimum Gasteiger partial charge on any atom is -0.311 e. The summed E-state index contributed by atoms with van der Waals surface area (Å²) in [5.41, 5.74) is 0. The summed E-state index contributed by atoms with van der Waals surface area (Å²) in [5.74, 6) is 0.749. The Bertz CT molecular complexity index is 577. The molecule has 2 heterocycles. The lowest BCUT2D eigenvalue weighted by Crippen LogP contribution is -2.41. The average Bonchev–Trinajstić information content (AvgIpc) is 2.37. The number of pyridine rings is 1. The standard InChI is InChI=1S/C12H16BrN3O3S/c13-10-1-3-14-11(9-10)15-12(17)2-4-16-5-7-20(18,19)8-6-16/h1,3,9H,2,4-8H2,(H,14,15,17). The lowest BCUT2D eigenvalue weighted by Gasteiger charge is -2.26. The quantitative estimate of drug-likeness (QED) is 0.861. The van der Waals surface area contributed by atoms with E-state index >= 15 is 0 Å². The van der Waals surface area contributed by atoms with Crippen molar-refractivity contribution >= 4 is 37.5 Å². The van der Waals surface area contributed by atoms with Gasteiger partial charge in [-0.25, -0.2) is 13.4 Å². The summed E-state index contributed by atoms with van der Waals surface area (Å²) in [7, 11) is -2.86. The van der Waals surface area contributed by atoms with Crippen LogP contribution in [0.25, 0.3) is 0 Å². The van der Waals surface area contributed by atoms with Gasteiger partial charge in [0.05, 0.1) is 11.5 Å². The van der Waals surface area contributed by atoms with Crippen LogP contribution in [0.1, 0.15) is 6.42 Å². The molecular weight excluding hydrogens is 346 g/mol. The third-order valence-corrected chi connectivity index (χ3v) is 5.18. The van der Waals surface area contributed by atoms with E-state index in [-0.39, 0.29) is 17.4 Å². The number of rotatable bonds is 4. The van der Waals surface area contributed by atoms with E-state index in [1.807, 2.05) is 4.90 Å². The van der Waals surface area contributed by atoms with Gasteiger partial charge in [-0.1, -0.05) is 15.9 Å². The van der Waals surface area contributed by atoms with Crippen LogP contribution < -0.4 is 5.32 Å². The highest BCUT2D eigenvalue weighted by Gasteiger charge is 2.21. The minimum atomic E-state index is -2.86. The SMILES string of the molecule is O=C(CCN1CCS(=O)(=O)CC1)Nc1cc(Br)ccn1. The number of nitrogens with one attached hydrogen (secondary N) is 1. The van der Waals surface area contributed by atoms with Gasteiger partial charge in [-0.05, 0) is 12.1 Å². The van der Waals surface area contributed by atoms with Crippen LogP contribution in [-0.4, -0.2) is 55.3 Å². The van der Waals surface area contributed by atoms with E-state index in [0.29, 0.717) is 31.9 Å². The molecule has 0 spiro atoms. The number of carbonyl (C=O) groups is 1. The molecule has 0 atom stereocenters. The van der Waals surface area contributed by atoms with Gasteiger partial charge in [-0.15, -0.1) is 0 Å². The van der Waals surface area contributed by atoms with E-state index < -0.39 is 9.84 Å². The zero-order valence-electron chi connectivity index (χ0n) is 10.9. The second kappa shape index (κ2) is 6.64. The Kier molecular flexibility index (Phi) is 5.11. The van der Waals surface area contributed by atoms with Crippen molar-refractivity contribution in [1.82, 2.24) is 9.88 Å². The number of amides is 1. The maximum absolute atomic E-state index is 11.8. The first-order chi connectivity index (χ1) is 9.44. The fourth-order valence-corrected chi connectivity index (χ4v) is 3.52. The molecule has 1 aliphatic heterocycles. The van der Waals surface area contributed by atoms with E-state index in [2.05, 4.69) is 26.2 Å². The van der Waals surface area contributed by atoms with Crippen LogP contribution in [-0.2, 0) is 14.6 Å². The normalized spacial score (nSPS) is 18.6. The zero-order valence-corrected chi connectivity index (χ0v) is 13.3. The van der Waals surface area contributed by atoms with Crippen LogP contribution in [0.2, 0.25) is 0 Å². The van der Waals surface area contributed by atoms with Gasteiger partial charge >= 0.3 is 0 Å². The summed E-state index contributed by atoms with van der Waals surface area (Å²) in [4.78, 5) is 17.8. The number of carbonyl (C=O) groups excluding carboxylic acids is 1. The molecule has 0 unspecified atom stereocenters. The van der Waals surface area contributed by atoms with Gasteiger partial charge in [0.2, 0.25) is 5.91 Å². The fraction of sp³-hybridized carbons (Fsp3) is 0.500. The summed E-state index contributed by atoms with van der Waals surface area (Å²) in [6.45, 7) is 1.57. The minimum absolute atomic E-state index is 0.121. The Morgan fingerprint density at radius 2 is 2.10 bits per heavy atom. The molecule has 1 aromatic heterocycles. The number of aromatic nitrogens is 1. The molecule has 110 valence electrons. The molecule has 1 aromatic rings. The molecule has 1 amide bonds. The summed E-state index contributed by atoms with van der Waals surface area (Å²) < 4.78 is 23.4. The van der Waals surface area contributed by atoms with Crippen molar-refractivity contribution in [2.45, 2.75) is 6.42 Å². The molecule has 1 saturated heterocycles. The van der Waals surface area contributed by atoms with Gasteiger partial charge in [0.1, 0.15) is 5.82 Å². The Morgan fingerprint density at radius 3 is 2.75 bits per heavy atom. The zero-order chi connectivity index (χ0) is 14.6. The number of nitrogens with zero attached hydrogens (tertiary/aromatic N) is 2. The summed E-state index contributed by atoms with van der Waals surface area (Å²) in [5, 5.41) is 2.71. The molecule has 1 aliphatic rings. The van der Waals surface area contributed by atoms with E-state index in [1.54, 1.807) is 18.3 Å².